The summed E-state index contributed by atoms with van der Waals surface area (Å²) < 4.78 is 9.68. The molecule has 2 amide bonds. The molecule has 104 valence electrons. The van der Waals surface area contributed by atoms with Crippen LogP contribution in [0.4, 0.5) is 4.79 Å². The number of nitrogens with one attached hydrogen (secondary N) is 2. The maximum Gasteiger partial charge on any atom is 0.406 e. The quantitative estimate of drug-likeness (QED) is 0.748. The summed E-state index contributed by atoms with van der Waals surface area (Å²) in [5.74, 6) is 0.403. The molecule has 1 aromatic carbocycles. The molecule has 0 atom stereocenters. The van der Waals surface area contributed by atoms with Crippen molar-refractivity contribution in [1.29, 1.82) is 0 Å². The van der Waals surface area contributed by atoms with Crippen molar-refractivity contribution in [2.45, 2.75) is 6.92 Å². The summed E-state index contributed by atoms with van der Waals surface area (Å²) in [6, 6.07) is 7.43. The molecule has 1 aromatic rings. The summed E-state index contributed by atoms with van der Waals surface area (Å²) in [7, 11) is 1.28. The summed E-state index contributed by atoms with van der Waals surface area (Å²) in [5.41, 5.74) is 1.13. The first-order chi connectivity index (χ1) is 9.11. The van der Waals surface area contributed by atoms with Crippen molar-refractivity contribution in [3.05, 3.63) is 29.8 Å². The third kappa shape index (κ3) is 6.30. The van der Waals surface area contributed by atoms with Gasteiger partial charge in [0.2, 0.25) is 0 Å². The summed E-state index contributed by atoms with van der Waals surface area (Å²) in [4.78, 5) is 22.1. The Labute approximate surface area is 112 Å². The Kier molecular flexibility index (Phi) is 6.21. The number of alkyl carbamates (subject to hydrolysis) is 1. The van der Waals surface area contributed by atoms with Gasteiger partial charge in [0.05, 0.1) is 7.11 Å². The van der Waals surface area contributed by atoms with E-state index in [2.05, 4.69) is 15.4 Å². The van der Waals surface area contributed by atoms with Crippen LogP contribution < -0.4 is 15.4 Å². The van der Waals surface area contributed by atoms with E-state index in [9.17, 15) is 9.59 Å². The van der Waals surface area contributed by atoms with Crippen molar-refractivity contribution < 1.29 is 19.1 Å². The van der Waals surface area contributed by atoms with Crippen LogP contribution in [0.1, 0.15) is 5.56 Å². The molecular formula is C13H18N2O4. The van der Waals surface area contributed by atoms with Gasteiger partial charge in [0.25, 0.3) is 5.91 Å². The highest BCUT2D eigenvalue weighted by molar-refractivity contribution is 5.77. The number of rotatable bonds is 6. The molecule has 0 aliphatic rings. The number of ether oxygens (including phenoxy) is 2. The smallest absolute Gasteiger partial charge is 0.406 e. The molecule has 6 nitrogen and oxygen atoms in total. The van der Waals surface area contributed by atoms with Crippen LogP contribution in [0, 0.1) is 6.92 Å². The van der Waals surface area contributed by atoms with Crippen molar-refractivity contribution in [1.82, 2.24) is 10.6 Å². The summed E-state index contributed by atoms with van der Waals surface area (Å²) >= 11 is 0. The van der Waals surface area contributed by atoms with Crippen molar-refractivity contribution in [3.8, 4) is 5.75 Å². The van der Waals surface area contributed by atoms with E-state index < -0.39 is 6.09 Å². The summed E-state index contributed by atoms with van der Waals surface area (Å²) in [6.07, 6.45) is -0.523. The second-order valence-electron chi connectivity index (χ2n) is 3.87. The zero-order valence-corrected chi connectivity index (χ0v) is 11.1. The van der Waals surface area contributed by atoms with Crippen LogP contribution in [0.3, 0.4) is 0 Å². The average molecular weight is 266 g/mol. The molecule has 0 aliphatic carbocycles. The van der Waals surface area contributed by atoms with Crippen LogP contribution in [-0.2, 0) is 9.53 Å². The highest BCUT2D eigenvalue weighted by Gasteiger charge is 2.03. The number of amides is 2. The predicted molar refractivity (Wildman–Crippen MR) is 70.1 cm³/mol. The second-order valence-corrected chi connectivity index (χ2v) is 3.87. The van der Waals surface area contributed by atoms with E-state index in [-0.39, 0.29) is 12.5 Å². The van der Waals surface area contributed by atoms with Gasteiger partial charge >= 0.3 is 6.09 Å². The molecule has 1 rings (SSSR count). The highest BCUT2D eigenvalue weighted by Crippen LogP contribution is 2.10. The lowest BCUT2D eigenvalue weighted by Gasteiger charge is -2.08. The van der Waals surface area contributed by atoms with Crippen LogP contribution in [0.2, 0.25) is 0 Å². The number of carbonyl (C=O) groups is 2. The molecule has 0 bridgehead atoms. The van der Waals surface area contributed by atoms with Crippen molar-refractivity contribution in [3.63, 3.8) is 0 Å². The second kappa shape index (κ2) is 7.97. The Morgan fingerprint density at radius 2 is 1.74 bits per heavy atom. The normalized spacial score (nSPS) is 9.58. The number of hydrogen-bond acceptors (Lipinski definition) is 4. The third-order valence-electron chi connectivity index (χ3n) is 2.29. The van der Waals surface area contributed by atoms with Gasteiger partial charge in [-0.1, -0.05) is 17.7 Å². The molecule has 0 heterocycles. The van der Waals surface area contributed by atoms with Gasteiger partial charge in [-0.15, -0.1) is 0 Å². The topological polar surface area (TPSA) is 76.7 Å². The molecule has 19 heavy (non-hydrogen) atoms. The number of benzene rings is 1. The van der Waals surface area contributed by atoms with Gasteiger partial charge in [-0.05, 0) is 19.1 Å². The molecule has 0 saturated carbocycles. The van der Waals surface area contributed by atoms with E-state index >= 15 is 0 Å². The summed E-state index contributed by atoms with van der Waals surface area (Å²) in [5, 5.41) is 5.06. The monoisotopic (exact) mass is 266 g/mol. The maximum absolute atomic E-state index is 11.4. The molecule has 6 heteroatoms. The van der Waals surface area contributed by atoms with E-state index in [0.717, 1.165) is 5.56 Å². The minimum absolute atomic E-state index is 0.0543. The maximum atomic E-state index is 11.4. The molecular weight excluding hydrogens is 248 g/mol. The van der Waals surface area contributed by atoms with Crippen molar-refractivity contribution in [2.24, 2.45) is 0 Å². The van der Waals surface area contributed by atoms with E-state index in [0.29, 0.717) is 18.8 Å². The van der Waals surface area contributed by atoms with Gasteiger partial charge in [0.15, 0.2) is 6.61 Å². The first kappa shape index (κ1) is 14.8. The van der Waals surface area contributed by atoms with Crippen LogP contribution >= 0.6 is 0 Å². The Morgan fingerprint density at radius 3 is 2.37 bits per heavy atom. The van der Waals surface area contributed by atoms with Gasteiger partial charge in [-0.2, -0.15) is 0 Å². The van der Waals surface area contributed by atoms with E-state index in [4.69, 9.17) is 4.74 Å². The fourth-order valence-electron chi connectivity index (χ4n) is 1.27. The molecule has 2 N–H and O–H groups in total. The largest absolute Gasteiger partial charge is 0.484 e. The zero-order chi connectivity index (χ0) is 14.1. The van der Waals surface area contributed by atoms with Crippen LogP contribution in [0.25, 0.3) is 0 Å². The minimum Gasteiger partial charge on any atom is -0.484 e. The van der Waals surface area contributed by atoms with Gasteiger partial charge in [-0.25, -0.2) is 4.79 Å². The van der Waals surface area contributed by atoms with Crippen LogP contribution in [0.15, 0.2) is 24.3 Å². The first-order valence-electron chi connectivity index (χ1n) is 5.90. The average Bonchev–Trinajstić information content (AvgIpc) is 2.42. The Balaban J connectivity index is 2.14. The molecule has 0 radical (unpaired) electrons. The molecule has 0 aliphatic heterocycles. The molecule has 0 unspecified atom stereocenters. The molecule has 0 saturated heterocycles. The Morgan fingerprint density at radius 1 is 1.11 bits per heavy atom. The lowest BCUT2D eigenvalue weighted by Crippen LogP contribution is -2.36. The Hall–Kier alpha value is -2.24. The summed E-state index contributed by atoms with van der Waals surface area (Å²) in [6.45, 7) is 2.56. The number of carbonyl (C=O) groups excluding carboxylic acids is 2. The van der Waals surface area contributed by atoms with Crippen LogP contribution in [0.5, 0.6) is 5.75 Å². The number of hydrogen-bond donors (Lipinski definition) is 2. The number of methoxy groups -OCH3 is 1. The molecule has 0 aromatic heterocycles. The number of aryl methyl sites for hydroxylation is 1. The first-order valence-corrected chi connectivity index (χ1v) is 5.90. The third-order valence-corrected chi connectivity index (χ3v) is 2.29. The van der Waals surface area contributed by atoms with E-state index in [1.54, 1.807) is 12.1 Å². The zero-order valence-electron chi connectivity index (χ0n) is 11.1. The van der Waals surface area contributed by atoms with E-state index in [1.165, 1.54) is 7.11 Å². The fraction of sp³-hybridized carbons (Fsp3) is 0.385. The standard InChI is InChI=1S/C13H18N2O4/c1-10-3-5-11(6-4-10)19-9-12(16)14-7-8-15-13(17)18-2/h3-6H,7-9H2,1-2H3,(H,14,16)(H,15,17). The van der Waals surface area contributed by atoms with Crippen molar-refractivity contribution in [2.75, 3.05) is 26.8 Å². The van der Waals surface area contributed by atoms with Gasteiger partial charge in [0, 0.05) is 13.1 Å². The lowest BCUT2D eigenvalue weighted by atomic mass is 10.2. The highest BCUT2D eigenvalue weighted by atomic mass is 16.5. The SMILES string of the molecule is COC(=O)NCCNC(=O)COc1ccc(C)cc1. The fourth-order valence-corrected chi connectivity index (χ4v) is 1.27. The van der Waals surface area contributed by atoms with Gasteiger partial charge in [-0.3, -0.25) is 4.79 Å². The van der Waals surface area contributed by atoms with Crippen LogP contribution in [-0.4, -0.2) is 38.8 Å². The van der Waals surface area contributed by atoms with E-state index in [1.807, 2.05) is 19.1 Å². The predicted octanol–water partition coefficient (Wildman–Crippen LogP) is 0.846. The van der Waals surface area contributed by atoms with Crippen molar-refractivity contribution >= 4 is 12.0 Å². The Bertz CT molecular complexity index is 417. The van der Waals surface area contributed by atoms with Gasteiger partial charge in [0.1, 0.15) is 5.75 Å². The molecule has 0 spiro atoms. The molecule has 0 fully saturated rings. The minimum atomic E-state index is -0.523. The van der Waals surface area contributed by atoms with Gasteiger partial charge < -0.3 is 20.1 Å². The lowest BCUT2D eigenvalue weighted by molar-refractivity contribution is -0.123.